The number of aromatic nitrogens is 2. The van der Waals surface area contributed by atoms with Crippen molar-refractivity contribution >= 4 is 41.7 Å². The van der Waals surface area contributed by atoms with E-state index in [0.717, 1.165) is 47.3 Å². The minimum absolute atomic E-state index is 0. The number of thioether (sulfide) groups is 1. The van der Waals surface area contributed by atoms with Crippen LogP contribution in [0.15, 0.2) is 40.6 Å². The van der Waals surface area contributed by atoms with Gasteiger partial charge in [-0.25, -0.2) is 4.98 Å². The fourth-order valence-electron chi connectivity index (χ4n) is 3.09. The molecule has 4 rings (SSSR count). The lowest BCUT2D eigenvalue weighted by Gasteiger charge is -2.26. The summed E-state index contributed by atoms with van der Waals surface area (Å²) in [6, 6.07) is 8.23. The largest absolute Gasteiger partial charge is 0.493 e. The summed E-state index contributed by atoms with van der Waals surface area (Å²) in [7, 11) is 0. The summed E-state index contributed by atoms with van der Waals surface area (Å²) in [4.78, 5) is 9.07. The van der Waals surface area contributed by atoms with Crippen LogP contribution >= 0.6 is 35.7 Å². The number of imidazole rings is 1. The number of hydrogen-bond donors (Lipinski definition) is 2. The van der Waals surface area contributed by atoms with Gasteiger partial charge in [-0.1, -0.05) is 30.0 Å². The van der Waals surface area contributed by atoms with Crippen LogP contribution in [0.3, 0.4) is 0 Å². The molecule has 0 spiro atoms. The number of halogens is 1. The fourth-order valence-corrected chi connectivity index (χ4v) is 4.05. The highest BCUT2D eigenvalue weighted by Gasteiger charge is 2.21. The van der Waals surface area contributed by atoms with Crippen LogP contribution in [0.5, 0.6) is 5.75 Å². The van der Waals surface area contributed by atoms with Crippen LogP contribution in [0.1, 0.15) is 23.7 Å². The van der Waals surface area contributed by atoms with Gasteiger partial charge in [0, 0.05) is 43.4 Å². The van der Waals surface area contributed by atoms with Crippen molar-refractivity contribution in [2.75, 3.05) is 18.9 Å². The zero-order chi connectivity index (χ0) is 16.4. The van der Waals surface area contributed by atoms with Gasteiger partial charge < -0.3 is 20.4 Å². The summed E-state index contributed by atoms with van der Waals surface area (Å²) in [5.74, 6) is 2.54. The Bertz CT molecular complexity index is 742. The number of hydrogen-bond acceptors (Lipinski definition) is 4. The number of nitrogens with zero attached hydrogens (tertiary/aromatic N) is 3. The molecule has 6 nitrogen and oxygen atoms in total. The second-order valence-corrected chi connectivity index (χ2v) is 7.01. The maximum Gasteiger partial charge on any atom is 0.189 e. The maximum absolute atomic E-state index is 6.07. The van der Waals surface area contributed by atoms with E-state index in [4.69, 9.17) is 10.5 Å². The summed E-state index contributed by atoms with van der Waals surface area (Å²) < 4.78 is 7.88. The van der Waals surface area contributed by atoms with Crippen LogP contribution in [0.25, 0.3) is 0 Å². The van der Waals surface area contributed by atoms with Gasteiger partial charge in [0.05, 0.1) is 18.3 Å². The number of rotatable bonds is 4. The van der Waals surface area contributed by atoms with E-state index in [0.29, 0.717) is 19.1 Å². The molecule has 1 aromatic carbocycles. The number of benzene rings is 1. The van der Waals surface area contributed by atoms with Gasteiger partial charge in [0.15, 0.2) is 11.1 Å². The van der Waals surface area contributed by atoms with E-state index in [1.807, 2.05) is 30.0 Å². The van der Waals surface area contributed by atoms with Gasteiger partial charge >= 0.3 is 0 Å². The Labute approximate surface area is 168 Å². The molecule has 25 heavy (non-hydrogen) atoms. The predicted octanol–water partition coefficient (Wildman–Crippen LogP) is 2.58. The number of nitrogens with two attached hydrogens (primary N) is 1. The molecular formula is C17H22IN5OS. The van der Waals surface area contributed by atoms with E-state index in [2.05, 4.69) is 32.1 Å². The van der Waals surface area contributed by atoms with Gasteiger partial charge in [-0.05, 0) is 6.07 Å². The molecule has 1 aromatic heterocycles. The number of ether oxygens (including phenoxy) is 1. The fraction of sp³-hybridized carbons (Fsp3) is 0.412. The van der Waals surface area contributed by atoms with Crippen molar-refractivity contribution in [3.8, 4) is 5.75 Å². The molecule has 1 unspecified atom stereocenters. The summed E-state index contributed by atoms with van der Waals surface area (Å²) in [6.45, 7) is 2.40. The maximum atomic E-state index is 6.07. The van der Waals surface area contributed by atoms with Crippen LogP contribution in [-0.4, -0.2) is 34.4 Å². The first-order valence-electron chi connectivity index (χ1n) is 8.26. The van der Waals surface area contributed by atoms with Gasteiger partial charge in [0.1, 0.15) is 5.75 Å². The third-order valence-electron chi connectivity index (χ3n) is 4.28. The van der Waals surface area contributed by atoms with Gasteiger partial charge in [0.25, 0.3) is 0 Å². The van der Waals surface area contributed by atoms with Crippen molar-refractivity contribution in [3.63, 3.8) is 0 Å². The van der Waals surface area contributed by atoms with Crippen molar-refractivity contribution in [2.24, 2.45) is 10.7 Å². The second-order valence-electron chi connectivity index (χ2n) is 5.95. The molecule has 8 heteroatoms. The zero-order valence-corrected chi connectivity index (χ0v) is 17.0. The molecule has 2 aliphatic rings. The number of para-hydroxylation sites is 1. The molecular weight excluding hydrogens is 449 g/mol. The SMILES string of the molecule is I.NC(=NCCc1cn2c(n1)SCC2)NC1CCOc2ccccc21. The van der Waals surface area contributed by atoms with Crippen molar-refractivity contribution < 1.29 is 4.74 Å². The third kappa shape index (κ3) is 4.22. The Balaban J connectivity index is 0.00000182. The zero-order valence-electron chi connectivity index (χ0n) is 13.9. The molecule has 3 heterocycles. The molecule has 0 bridgehead atoms. The lowest BCUT2D eigenvalue weighted by molar-refractivity contribution is 0.262. The van der Waals surface area contributed by atoms with Gasteiger partial charge in [0.2, 0.25) is 0 Å². The number of guanidine groups is 1. The smallest absolute Gasteiger partial charge is 0.189 e. The Morgan fingerprint density at radius 2 is 2.32 bits per heavy atom. The second kappa shape index (κ2) is 8.31. The van der Waals surface area contributed by atoms with Gasteiger partial charge in [-0.2, -0.15) is 0 Å². The lowest BCUT2D eigenvalue weighted by Crippen LogP contribution is -2.37. The quantitative estimate of drug-likeness (QED) is 0.407. The van der Waals surface area contributed by atoms with Crippen molar-refractivity contribution in [1.29, 1.82) is 0 Å². The third-order valence-corrected chi connectivity index (χ3v) is 5.25. The molecule has 1 atom stereocenters. The molecule has 0 fully saturated rings. The Morgan fingerprint density at radius 1 is 1.44 bits per heavy atom. The molecule has 134 valence electrons. The van der Waals surface area contributed by atoms with Crippen molar-refractivity contribution in [2.45, 2.75) is 30.6 Å². The number of fused-ring (bicyclic) bond motifs is 2. The first-order valence-corrected chi connectivity index (χ1v) is 9.25. The molecule has 2 aliphatic heterocycles. The molecule has 2 aromatic rings. The number of nitrogens with one attached hydrogen (secondary N) is 1. The number of aliphatic imine (C=N–C) groups is 1. The van der Waals surface area contributed by atoms with E-state index in [9.17, 15) is 0 Å². The Hall–Kier alpha value is -1.42. The molecule has 0 aliphatic carbocycles. The summed E-state index contributed by atoms with van der Waals surface area (Å²) in [5.41, 5.74) is 8.30. The van der Waals surface area contributed by atoms with E-state index in [1.54, 1.807) is 0 Å². The minimum Gasteiger partial charge on any atom is -0.493 e. The predicted molar refractivity (Wildman–Crippen MR) is 111 cm³/mol. The van der Waals surface area contributed by atoms with E-state index in [-0.39, 0.29) is 30.0 Å². The Morgan fingerprint density at radius 3 is 3.20 bits per heavy atom. The topological polar surface area (TPSA) is 77.5 Å². The first kappa shape index (κ1) is 18.4. The van der Waals surface area contributed by atoms with E-state index < -0.39 is 0 Å². The Kier molecular flexibility index (Phi) is 6.10. The highest BCUT2D eigenvalue weighted by molar-refractivity contribution is 14.0. The monoisotopic (exact) mass is 471 g/mol. The first-order chi connectivity index (χ1) is 11.8. The minimum atomic E-state index is 0. The molecule has 0 radical (unpaired) electrons. The normalized spacial score (nSPS) is 18.7. The van der Waals surface area contributed by atoms with Crippen LogP contribution in [-0.2, 0) is 13.0 Å². The molecule has 3 N–H and O–H groups in total. The molecule has 0 saturated heterocycles. The van der Waals surface area contributed by atoms with Crippen LogP contribution in [0.4, 0.5) is 0 Å². The molecule has 0 amide bonds. The highest BCUT2D eigenvalue weighted by Crippen LogP contribution is 2.31. The highest BCUT2D eigenvalue weighted by atomic mass is 127. The summed E-state index contributed by atoms with van der Waals surface area (Å²) >= 11 is 1.81. The number of aryl methyl sites for hydroxylation is 1. The standard InChI is InChI=1S/C17H21N5OS.HI/c18-16(19-7-5-12-11-22-8-10-24-17(22)20-12)21-14-6-9-23-15-4-2-1-3-13(14)15;/h1-4,11,14H,5-10H2,(H3,18,19,21);1H. The molecule has 0 saturated carbocycles. The summed E-state index contributed by atoms with van der Waals surface area (Å²) in [6.07, 6.45) is 3.83. The average molecular weight is 471 g/mol. The average Bonchev–Trinajstić information content (AvgIpc) is 3.17. The van der Waals surface area contributed by atoms with Crippen LogP contribution in [0.2, 0.25) is 0 Å². The lowest BCUT2D eigenvalue weighted by atomic mass is 10.0. The van der Waals surface area contributed by atoms with Crippen LogP contribution in [0, 0.1) is 0 Å². The van der Waals surface area contributed by atoms with Gasteiger partial charge in [-0.15, -0.1) is 24.0 Å². The van der Waals surface area contributed by atoms with E-state index >= 15 is 0 Å². The summed E-state index contributed by atoms with van der Waals surface area (Å²) in [5, 5.41) is 4.44. The van der Waals surface area contributed by atoms with Crippen molar-refractivity contribution in [1.82, 2.24) is 14.9 Å². The van der Waals surface area contributed by atoms with Gasteiger partial charge in [-0.3, -0.25) is 4.99 Å². The van der Waals surface area contributed by atoms with Crippen LogP contribution < -0.4 is 15.8 Å². The van der Waals surface area contributed by atoms with E-state index in [1.165, 1.54) is 0 Å². The van der Waals surface area contributed by atoms with Crippen molar-refractivity contribution in [3.05, 3.63) is 41.7 Å².